The molecule has 1 aliphatic carbocycles. The van der Waals surface area contributed by atoms with E-state index in [1.807, 2.05) is 6.20 Å². The zero-order chi connectivity index (χ0) is 14.9. The zero-order valence-corrected chi connectivity index (χ0v) is 12.7. The summed E-state index contributed by atoms with van der Waals surface area (Å²) in [6.45, 7) is 5.46. The molecule has 0 spiro atoms. The van der Waals surface area contributed by atoms with Gasteiger partial charge in [0, 0.05) is 26.0 Å². The molecule has 0 bridgehead atoms. The van der Waals surface area contributed by atoms with Crippen molar-refractivity contribution in [2.24, 2.45) is 11.3 Å². The number of rotatable bonds is 6. The molecule has 1 fully saturated rings. The van der Waals surface area contributed by atoms with E-state index in [2.05, 4.69) is 44.4 Å². The molecule has 0 aromatic carbocycles. The Morgan fingerprint density at radius 3 is 2.57 bits per heavy atom. The minimum atomic E-state index is 0.404. The molecule has 2 heterocycles. The van der Waals surface area contributed by atoms with E-state index in [4.69, 9.17) is 0 Å². The van der Waals surface area contributed by atoms with Gasteiger partial charge in [-0.25, -0.2) is 4.98 Å². The van der Waals surface area contributed by atoms with Crippen molar-refractivity contribution in [2.45, 2.75) is 26.7 Å². The summed E-state index contributed by atoms with van der Waals surface area (Å²) < 4.78 is 1.77. The Kier molecular flexibility index (Phi) is 3.48. The van der Waals surface area contributed by atoms with Crippen LogP contribution in [0.25, 0.3) is 5.95 Å². The summed E-state index contributed by atoms with van der Waals surface area (Å²) in [6, 6.07) is 0. The summed E-state index contributed by atoms with van der Waals surface area (Å²) in [6.07, 6.45) is 7.74. The van der Waals surface area contributed by atoms with Crippen LogP contribution in [0.4, 0.5) is 11.9 Å². The fourth-order valence-electron chi connectivity index (χ4n) is 2.42. The fourth-order valence-corrected chi connectivity index (χ4v) is 2.42. The number of hydrogen-bond donors (Lipinski definition) is 2. The van der Waals surface area contributed by atoms with Crippen molar-refractivity contribution in [2.75, 3.05) is 24.2 Å². The van der Waals surface area contributed by atoms with Gasteiger partial charge < -0.3 is 10.6 Å². The van der Waals surface area contributed by atoms with Gasteiger partial charge >= 0.3 is 0 Å². The van der Waals surface area contributed by atoms with Crippen LogP contribution in [-0.4, -0.2) is 38.1 Å². The molecule has 112 valence electrons. The van der Waals surface area contributed by atoms with Crippen molar-refractivity contribution in [3.05, 3.63) is 18.7 Å². The molecule has 1 saturated carbocycles. The first-order valence-corrected chi connectivity index (χ1v) is 7.29. The molecule has 2 aromatic heterocycles. The van der Waals surface area contributed by atoms with Gasteiger partial charge in [-0.3, -0.25) is 4.57 Å². The third-order valence-corrected chi connectivity index (χ3v) is 4.30. The lowest BCUT2D eigenvalue weighted by atomic mass is 9.92. The summed E-state index contributed by atoms with van der Waals surface area (Å²) in [5, 5.41) is 6.34. The lowest BCUT2D eigenvalue weighted by Crippen LogP contribution is -2.22. The van der Waals surface area contributed by atoms with E-state index in [0.717, 1.165) is 6.54 Å². The second kappa shape index (κ2) is 5.31. The SMILES string of the molecule is CNc1nc(NCC2(C(C)C)CC2)nc(-n2ccnc2)n1. The molecule has 0 saturated heterocycles. The molecule has 2 N–H and O–H groups in total. The van der Waals surface area contributed by atoms with Crippen molar-refractivity contribution in [3.63, 3.8) is 0 Å². The van der Waals surface area contributed by atoms with Gasteiger partial charge in [0.25, 0.3) is 0 Å². The van der Waals surface area contributed by atoms with Crippen LogP contribution >= 0.6 is 0 Å². The molecule has 3 rings (SSSR count). The van der Waals surface area contributed by atoms with Crippen LogP contribution in [0.5, 0.6) is 0 Å². The molecule has 0 atom stereocenters. The van der Waals surface area contributed by atoms with E-state index in [-0.39, 0.29) is 0 Å². The first kappa shape index (κ1) is 13.8. The first-order valence-electron chi connectivity index (χ1n) is 7.29. The predicted molar refractivity (Wildman–Crippen MR) is 81.5 cm³/mol. The van der Waals surface area contributed by atoms with Crippen LogP contribution in [0.1, 0.15) is 26.7 Å². The summed E-state index contributed by atoms with van der Waals surface area (Å²) in [4.78, 5) is 17.2. The van der Waals surface area contributed by atoms with E-state index in [0.29, 0.717) is 29.2 Å². The highest BCUT2D eigenvalue weighted by molar-refractivity contribution is 5.38. The van der Waals surface area contributed by atoms with Gasteiger partial charge in [0.05, 0.1) is 0 Å². The van der Waals surface area contributed by atoms with Gasteiger partial charge in [0.15, 0.2) is 0 Å². The minimum Gasteiger partial charge on any atom is -0.357 e. The highest BCUT2D eigenvalue weighted by atomic mass is 15.3. The standard InChI is InChI=1S/C14H21N7/c1-10(2)14(4-5-14)8-17-12-18-11(15-3)19-13(20-12)21-7-6-16-9-21/h6-7,9-10H,4-5,8H2,1-3H3,(H2,15,17,18,19,20). The monoisotopic (exact) mass is 287 g/mol. The molecular formula is C14H21N7. The highest BCUT2D eigenvalue weighted by Gasteiger charge is 2.45. The Balaban J connectivity index is 1.80. The van der Waals surface area contributed by atoms with Crippen LogP contribution in [-0.2, 0) is 0 Å². The van der Waals surface area contributed by atoms with Gasteiger partial charge in [-0.1, -0.05) is 13.8 Å². The number of imidazole rings is 1. The Morgan fingerprint density at radius 1 is 1.24 bits per heavy atom. The zero-order valence-electron chi connectivity index (χ0n) is 12.7. The number of anilines is 2. The van der Waals surface area contributed by atoms with Crippen molar-refractivity contribution in [1.29, 1.82) is 0 Å². The molecule has 21 heavy (non-hydrogen) atoms. The third kappa shape index (κ3) is 2.81. The average molecular weight is 287 g/mol. The number of aromatic nitrogens is 5. The lowest BCUT2D eigenvalue weighted by Gasteiger charge is -2.20. The van der Waals surface area contributed by atoms with Crippen LogP contribution in [0, 0.1) is 11.3 Å². The Hall–Kier alpha value is -2.18. The molecular weight excluding hydrogens is 266 g/mol. The summed E-state index contributed by atoms with van der Waals surface area (Å²) in [5.74, 6) is 2.38. The molecule has 0 unspecified atom stereocenters. The van der Waals surface area contributed by atoms with Crippen LogP contribution < -0.4 is 10.6 Å². The summed E-state index contributed by atoms with van der Waals surface area (Å²) >= 11 is 0. The number of hydrogen-bond acceptors (Lipinski definition) is 6. The Morgan fingerprint density at radius 2 is 2.00 bits per heavy atom. The maximum atomic E-state index is 4.46. The van der Waals surface area contributed by atoms with Gasteiger partial charge in [-0.15, -0.1) is 0 Å². The van der Waals surface area contributed by atoms with E-state index >= 15 is 0 Å². The molecule has 0 amide bonds. The summed E-state index contributed by atoms with van der Waals surface area (Å²) in [5.41, 5.74) is 0.404. The van der Waals surface area contributed by atoms with Crippen molar-refractivity contribution < 1.29 is 0 Å². The first-order chi connectivity index (χ1) is 10.1. The summed E-state index contributed by atoms with van der Waals surface area (Å²) in [7, 11) is 1.80. The Labute approximate surface area is 124 Å². The van der Waals surface area contributed by atoms with E-state index in [1.54, 1.807) is 24.1 Å². The second-order valence-electron chi connectivity index (χ2n) is 5.87. The van der Waals surface area contributed by atoms with Crippen molar-refractivity contribution in [1.82, 2.24) is 24.5 Å². The lowest BCUT2D eigenvalue weighted by molar-refractivity contribution is 0.379. The van der Waals surface area contributed by atoms with Crippen LogP contribution in [0.3, 0.4) is 0 Å². The molecule has 7 nitrogen and oxygen atoms in total. The van der Waals surface area contributed by atoms with Crippen molar-refractivity contribution >= 4 is 11.9 Å². The van der Waals surface area contributed by atoms with Gasteiger partial charge in [-0.2, -0.15) is 15.0 Å². The normalized spacial score (nSPS) is 16.0. The van der Waals surface area contributed by atoms with Crippen LogP contribution in [0.2, 0.25) is 0 Å². The second-order valence-corrected chi connectivity index (χ2v) is 5.87. The van der Waals surface area contributed by atoms with E-state index in [1.165, 1.54) is 12.8 Å². The maximum absolute atomic E-state index is 4.46. The maximum Gasteiger partial charge on any atom is 0.241 e. The highest BCUT2D eigenvalue weighted by Crippen LogP contribution is 2.51. The largest absolute Gasteiger partial charge is 0.357 e. The molecule has 2 aromatic rings. The van der Waals surface area contributed by atoms with E-state index in [9.17, 15) is 0 Å². The molecule has 7 heteroatoms. The molecule has 1 aliphatic rings. The molecule has 0 radical (unpaired) electrons. The Bertz CT molecular complexity index is 602. The molecule has 0 aliphatic heterocycles. The quantitative estimate of drug-likeness (QED) is 0.845. The van der Waals surface area contributed by atoms with Crippen molar-refractivity contribution in [3.8, 4) is 5.95 Å². The van der Waals surface area contributed by atoms with Crippen LogP contribution in [0.15, 0.2) is 18.7 Å². The average Bonchev–Trinajstić information content (AvgIpc) is 3.09. The topological polar surface area (TPSA) is 80.5 Å². The number of nitrogens with zero attached hydrogens (tertiary/aromatic N) is 5. The van der Waals surface area contributed by atoms with Gasteiger partial charge in [-0.05, 0) is 24.2 Å². The third-order valence-electron chi connectivity index (χ3n) is 4.30. The minimum absolute atomic E-state index is 0.404. The number of nitrogens with one attached hydrogen (secondary N) is 2. The fraction of sp³-hybridized carbons (Fsp3) is 0.571. The predicted octanol–water partition coefficient (Wildman–Crippen LogP) is 1.95. The van der Waals surface area contributed by atoms with Gasteiger partial charge in [0.1, 0.15) is 6.33 Å². The van der Waals surface area contributed by atoms with E-state index < -0.39 is 0 Å². The smallest absolute Gasteiger partial charge is 0.241 e. The van der Waals surface area contributed by atoms with Gasteiger partial charge in [0.2, 0.25) is 17.8 Å².